The highest BCUT2D eigenvalue weighted by molar-refractivity contribution is 6.04. The van der Waals surface area contributed by atoms with Crippen LogP contribution in [-0.4, -0.2) is 10.9 Å². The number of anilines is 1. The van der Waals surface area contributed by atoms with Crippen molar-refractivity contribution in [2.75, 3.05) is 5.32 Å². The van der Waals surface area contributed by atoms with Crippen LogP contribution < -0.4 is 5.32 Å². The van der Waals surface area contributed by atoms with Crippen molar-refractivity contribution in [2.24, 2.45) is 0 Å². The molecule has 1 aromatic heterocycles. The highest BCUT2D eigenvalue weighted by Crippen LogP contribution is 2.25. The molecule has 0 aliphatic carbocycles. The number of aromatic nitrogens is 1. The first-order valence-electron chi connectivity index (χ1n) is 7.94. The number of aromatic amines is 1. The third-order valence-electron chi connectivity index (χ3n) is 4.07. The minimum atomic E-state index is -0.429. The van der Waals surface area contributed by atoms with Crippen LogP contribution in [0.25, 0.3) is 22.2 Å². The average molecular weight is 330 g/mol. The molecule has 4 aromatic rings. The number of halogens is 1. The molecular formula is C21H15FN2O. The number of nitrogens with one attached hydrogen (secondary N) is 2. The Balaban J connectivity index is 1.54. The smallest absolute Gasteiger partial charge is 0.255 e. The fourth-order valence-corrected chi connectivity index (χ4v) is 2.79. The fraction of sp³-hybridized carbons (Fsp3) is 0. The van der Waals surface area contributed by atoms with Crippen LogP contribution in [0.5, 0.6) is 0 Å². The molecule has 3 nitrogen and oxygen atoms in total. The minimum Gasteiger partial charge on any atom is -0.355 e. The maximum Gasteiger partial charge on any atom is 0.255 e. The van der Waals surface area contributed by atoms with Gasteiger partial charge in [-0.2, -0.15) is 0 Å². The van der Waals surface area contributed by atoms with Gasteiger partial charge in [-0.15, -0.1) is 0 Å². The SMILES string of the molecule is O=C(Nc1ccc(-c2cc3ccccc3[nH]2)cc1)c1cccc(F)c1. The molecule has 0 atom stereocenters. The largest absolute Gasteiger partial charge is 0.355 e. The van der Waals surface area contributed by atoms with E-state index in [9.17, 15) is 9.18 Å². The number of H-pyrrole nitrogens is 1. The van der Waals surface area contributed by atoms with Gasteiger partial charge in [0.15, 0.2) is 0 Å². The van der Waals surface area contributed by atoms with Crippen LogP contribution in [0.15, 0.2) is 78.9 Å². The molecule has 4 heteroatoms. The number of rotatable bonds is 3. The van der Waals surface area contributed by atoms with E-state index in [1.807, 2.05) is 42.5 Å². The molecule has 1 amide bonds. The molecule has 122 valence electrons. The first-order chi connectivity index (χ1) is 12.2. The van der Waals surface area contributed by atoms with Crippen LogP contribution in [0.3, 0.4) is 0 Å². The van der Waals surface area contributed by atoms with E-state index in [1.54, 1.807) is 6.07 Å². The van der Waals surface area contributed by atoms with E-state index in [0.717, 1.165) is 22.2 Å². The standard InChI is InChI=1S/C21H15FN2O/c22-17-6-3-5-16(12-17)21(25)23-18-10-8-14(9-11-18)20-13-15-4-1-2-7-19(15)24-20/h1-13,24H,(H,23,25). The number of carbonyl (C=O) groups is 1. The lowest BCUT2D eigenvalue weighted by Gasteiger charge is -2.06. The van der Waals surface area contributed by atoms with E-state index < -0.39 is 5.82 Å². The number of benzene rings is 3. The molecule has 25 heavy (non-hydrogen) atoms. The van der Waals surface area contributed by atoms with Gasteiger partial charge >= 0.3 is 0 Å². The summed E-state index contributed by atoms with van der Waals surface area (Å²) in [5.74, 6) is -0.764. The second kappa shape index (κ2) is 6.24. The summed E-state index contributed by atoms with van der Waals surface area (Å²) in [5.41, 5.74) is 4.08. The normalized spacial score (nSPS) is 10.8. The summed E-state index contributed by atoms with van der Waals surface area (Å²) < 4.78 is 13.2. The predicted octanol–water partition coefficient (Wildman–Crippen LogP) is 5.23. The Hall–Kier alpha value is -3.40. The Bertz CT molecular complexity index is 1020. The van der Waals surface area contributed by atoms with Crippen molar-refractivity contribution in [3.8, 4) is 11.3 Å². The molecule has 0 aliphatic heterocycles. The van der Waals surface area contributed by atoms with Crippen molar-refractivity contribution in [1.29, 1.82) is 0 Å². The van der Waals surface area contributed by atoms with E-state index in [0.29, 0.717) is 11.3 Å². The first-order valence-corrected chi connectivity index (χ1v) is 7.94. The molecule has 0 bridgehead atoms. The molecule has 0 saturated carbocycles. The molecule has 4 rings (SSSR count). The lowest BCUT2D eigenvalue weighted by molar-refractivity contribution is 0.102. The van der Waals surface area contributed by atoms with Gasteiger partial charge in [0, 0.05) is 27.8 Å². The summed E-state index contributed by atoms with van der Waals surface area (Å²) in [6, 6.07) is 23.3. The van der Waals surface area contributed by atoms with Crippen LogP contribution in [0.4, 0.5) is 10.1 Å². The molecule has 0 unspecified atom stereocenters. The Kier molecular flexibility index (Phi) is 3.78. The highest BCUT2D eigenvalue weighted by atomic mass is 19.1. The van der Waals surface area contributed by atoms with Gasteiger partial charge in [-0.3, -0.25) is 4.79 Å². The number of hydrogen-bond acceptors (Lipinski definition) is 1. The molecule has 0 saturated heterocycles. The van der Waals surface area contributed by atoms with Crippen LogP contribution in [0.2, 0.25) is 0 Å². The third kappa shape index (κ3) is 3.15. The molecule has 0 fully saturated rings. The summed E-state index contributed by atoms with van der Waals surface area (Å²) >= 11 is 0. The van der Waals surface area contributed by atoms with Crippen LogP contribution in [-0.2, 0) is 0 Å². The topological polar surface area (TPSA) is 44.9 Å². The first kappa shape index (κ1) is 15.1. The van der Waals surface area contributed by atoms with E-state index in [4.69, 9.17) is 0 Å². The van der Waals surface area contributed by atoms with E-state index >= 15 is 0 Å². The number of amides is 1. The number of carbonyl (C=O) groups excluding carboxylic acids is 1. The van der Waals surface area contributed by atoms with Crippen LogP contribution in [0, 0.1) is 5.82 Å². The Labute approximate surface area is 144 Å². The second-order valence-electron chi connectivity index (χ2n) is 5.81. The highest BCUT2D eigenvalue weighted by Gasteiger charge is 2.08. The molecule has 0 radical (unpaired) electrons. The average Bonchev–Trinajstić information content (AvgIpc) is 3.06. The van der Waals surface area contributed by atoms with Gasteiger partial charge in [-0.1, -0.05) is 36.4 Å². The Morgan fingerprint density at radius 3 is 2.44 bits per heavy atom. The van der Waals surface area contributed by atoms with Gasteiger partial charge in [0.2, 0.25) is 0 Å². The quantitative estimate of drug-likeness (QED) is 0.531. The third-order valence-corrected chi connectivity index (χ3v) is 4.07. The van der Waals surface area contributed by atoms with E-state index in [1.165, 1.54) is 18.2 Å². The van der Waals surface area contributed by atoms with Crippen LogP contribution >= 0.6 is 0 Å². The van der Waals surface area contributed by atoms with Crippen molar-refractivity contribution in [3.05, 3.63) is 90.2 Å². The summed E-state index contributed by atoms with van der Waals surface area (Å²) in [7, 11) is 0. The molecule has 3 aromatic carbocycles. The molecule has 2 N–H and O–H groups in total. The number of hydrogen-bond donors (Lipinski definition) is 2. The van der Waals surface area contributed by atoms with Gasteiger partial charge in [-0.25, -0.2) is 4.39 Å². The number of fused-ring (bicyclic) bond motifs is 1. The van der Waals surface area contributed by atoms with Gasteiger partial charge in [0.25, 0.3) is 5.91 Å². The van der Waals surface area contributed by atoms with Crippen molar-refractivity contribution in [1.82, 2.24) is 4.98 Å². The zero-order valence-corrected chi connectivity index (χ0v) is 13.3. The van der Waals surface area contributed by atoms with Crippen molar-refractivity contribution in [3.63, 3.8) is 0 Å². The monoisotopic (exact) mass is 330 g/mol. The van der Waals surface area contributed by atoms with Gasteiger partial charge in [-0.05, 0) is 48.0 Å². The molecule has 0 spiro atoms. The maximum atomic E-state index is 13.2. The van der Waals surface area contributed by atoms with Gasteiger partial charge in [0.1, 0.15) is 5.82 Å². The summed E-state index contributed by atoms with van der Waals surface area (Å²) in [6.45, 7) is 0. The van der Waals surface area contributed by atoms with Crippen molar-refractivity contribution in [2.45, 2.75) is 0 Å². The molecule has 0 aliphatic rings. The van der Waals surface area contributed by atoms with Crippen molar-refractivity contribution < 1.29 is 9.18 Å². The predicted molar refractivity (Wildman–Crippen MR) is 98.1 cm³/mol. The second-order valence-corrected chi connectivity index (χ2v) is 5.81. The zero-order chi connectivity index (χ0) is 17.2. The van der Waals surface area contributed by atoms with Crippen LogP contribution in [0.1, 0.15) is 10.4 Å². The Morgan fingerprint density at radius 1 is 0.880 bits per heavy atom. The lowest BCUT2D eigenvalue weighted by atomic mass is 10.1. The van der Waals surface area contributed by atoms with Gasteiger partial charge < -0.3 is 10.3 Å². The fourth-order valence-electron chi connectivity index (χ4n) is 2.79. The summed E-state index contributed by atoms with van der Waals surface area (Å²) in [6.07, 6.45) is 0. The molecular weight excluding hydrogens is 315 g/mol. The lowest BCUT2D eigenvalue weighted by Crippen LogP contribution is -2.11. The maximum absolute atomic E-state index is 13.2. The minimum absolute atomic E-state index is 0.291. The summed E-state index contributed by atoms with van der Waals surface area (Å²) in [5, 5.41) is 3.93. The number of para-hydroxylation sites is 1. The zero-order valence-electron chi connectivity index (χ0n) is 13.3. The van der Waals surface area contributed by atoms with E-state index in [2.05, 4.69) is 22.4 Å². The van der Waals surface area contributed by atoms with E-state index in [-0.39, 0.29) is 5.91 Å². The Morgan fingerprint density at radius 2 is 1.68 bits per heavy atom. The molecule has 1 heterocycles. The summed E-state index contributed by atoms with van der Waals surface area (Å²) in [4.78, 5) is 15.5. The van der Waals surface area contributed by atoms with Gasteiger partial charge in [0.05, 0.1) is 0 Å². The van der Waals surface area contributed by atoms with Crippen molar-refractivity contribution >= 4 is 22.5 Å².